The van der Waals surface area contributed by atoms with Gasteiger partial charge in [-0.25, -0.2) is 8.42 Å². The van der Waals surface area contributed by atoms with Crippen molar-refractivity contribution in [2.75, 3.05) is 33.1 Å². The van der Waals surface area contributed by atoms with Crippen molar-refractivity contribution in [2.45, 2.75) is 24.1 Å². The van der Waals surface area contributed by atoms with E-state index >= 15 is 0 Å². The molecular weight excluding hydrogens is 314 g/mol. The Morgan fingerprint density at radius 3 is 2.43 bits per heavy atom. The SMILES string of the molecule is CN=C(NCc1ccccc1)NCC1(S(C)(=O)=O)CCOCC1. The maximum atomic E-state index is 12.2. The summed E-state index contributed by atoms with van der Waals surface area (Å²) in [6, 6.07) is 9.98. The van der Waals surface area contributed by atoms with Crippen LogP contribution < -0.4 is 10.6 Å². The molecule has 128 valence electrons. The first-order valence-electron chi connectivity index (χ1n) is 7.73. The van der Waals surface area contributed by atoms with Gasteiger partial charge in [0.05, 0.1) is 4.75 Å². The fourth-order valence-electron chi connectivity index (χ4n) is 2.67. The average molecular weight is 339 g/mol. The van der Waals surface area contributed by atoms with E-state index in [9.17, 15) is 8.42 Å². The minimum atomic E-state index is -3.18. The number of nitrogens with zero attached hydrogens (tertiary/aromatic N) is 1. The molecule has 0 spiro atoms. The summed E-state index contributed by atoms with van der Waals surface area (Å²) in [5.41, 5.74) is 1.14. The van der Waals surface area contributed by atoms with Gasteiger partial charge in [-0.15, -0.1) is 0 Å². The molecule has 0 unspecified atom stereocenters. The quantitative estimate of drug-likeness (QED) is 0.617. The van der Waals surface area contributed by atoms with E-state index in [0.717, 1.165) is 5.56 Å². The number of nitrogens with one attached hydrogen (secondary N) is 2. The highest BCUT2D eigenvalue weighted by Crippen LogP contribution is 2.28. The second-order valence-electron chi connectivity index (χ2n) is 5.83. The Morgan fingerprint density at radius 2 is 1.87 bits per heavy atom. The van der Waals surface area contributed by atoms with Crippen molar-refractivity contribution in [1.82, 2.24) is 10.6 Å². The predicted molar refractivity (Wildman–Crippen MR) is 92.3 cm³/mol. The largest absolute Gasteiger partial charge is 0.381 e. The highest BCUT2D eigenvalue weighted by molar-refractivity contribution is 7.92. The molecule has 23 heavy (non-hydrogen) atoms. The van der Waals surface area contributed by atoms with Gasteiger partial charge in [0.15, 0.2) is 15.8 Å². The Hall–Kier alpha value is -1.60. The summed E-state index contributed by atoms with van der Waals surface area (Å²) in [5, 5.41) is 6.37. The predicted octanol–water partition coefficient (Wildman–Crippen LogP) is 0.945. The van der Waals surface area contributed by atoms with Gasteiger partial charge in [-0.2, -0.15) is 0 Å². The van der Waals surface area contributed by atoms with Crippen molar-refractivity contribution in [1.29, 1.82) is 0 Å². The van der Waals surface area contributed by atoms with Crippen LogP contribution in [0.2, 0.25) is 0 Å². The minimum absolute atomic E-state index is 0.337. The third kappa shape index (κ3) is 4.68. The van der Waals surface area contributed by atoms with Gasteiger partial charge in [-0.3, -0.25) is 4.99 Å². The number of guanidine groups is 1. The Labute approximate surface area is 138 Å². The maximum absolute atomic E-state index is 12.2. The van der Waals surface area contributed by atoms with Crippen LogP contribution in [0.5, 0.6) is 0 Å². The van der Waals surface area contributed by atoms with Crippen LogP contribution in [-0.2, 0) is 21.1 Å². The number of aliphatic imine (C=N–C) groups is 1. The van der Waals surface area contributed by atoms with E-state index in [1.807, 2.05) is 30.3 Å². The highest BCUT2D eigenvalue weighted by Gasteiger charge is 2.42. The third-order valence-corrected chi connectivity index (χ3v) is 6.42. The van der Waals surface area contributed by atoms with Gasteiger partial charge < -0.3 is 15.4 Å². The molecule has 2 rings (SSSR count). The summed E-state index contributed by atoms with van der Waals surface area (Å²) in [4.78, 5) is 4.17. The second kappa shape index (κ2) is 7.79. The number of rotatable bonds is 5. The summed E-state index contributed by atoms with van der Waals surface area (Å²) in [5.74, 6) is 0.600. The normalized spacial score (nSPS) is 18.4. The fraction of sp³-hybridized carbons (Fsp3) is 0.562. The van der Waals surface area contributed by atoms with Crippen LogP contribution >= 0.6 is 0 Å². The van der Waals surface area contributed by atoms with Crippen LogP contribution in [0.4, 0.5) is 0 Å². The zero-order chi connectivity index (χ0) is 16.8. The molecule has 1 heterocycles. The van der Waals surface area contributed by atoms with E-state index in [2.05, 4.69) is 15.6 Å². The highest BCUT2D eigenvalue weighted by atomic mass is 32.2. The van der Waals surface area contributed by atoms with Crippen LogP contribution in [0.25, 0.3) is 0 Å². The molecule has 0 saturated carbocycles. The first-order valence-corrected chi connectivity index (χ1v) is 9.62. The fourth-order valence-corrected chi connectivity index (χ4v) is 3.91. The minimum Gasteiger partial charge on any atom is -0.381 e. The van der Waals surface area contributed by atoms with Crippen LogP contribution in [0.1, 0.15) is 18.4 Å². The van der Waals surface area contributed by atoms with Crippen molar-refractivity contribution < 1.29 is 13.2 Å². The summed E-state index contributed by atoms with van der Waals surface area (Å²) in [6.45, 7) is 1.93. The van der Waals surface area contributed by atoms with Gasteiger partial charge in [0.1, 0.15) is 0 Å². The Morgan fingerprint density at radius 1 is 1.22 bits per heavy atom. The first-order chi connectivity index (χ1) is 11.0. The second-order valence-corrected chi connectivity index (χ2v) is 8.24. The van der Waals surface area contributed by atoms with Gasteiger partial charge in [0.25, 0.3) is 0 Å². The molecule has 0 atom stereocenters. The van der Waals surface area contributed by atoms with Gasteiger partial charge in [-0.1, -0.05) is 30.3 Å². The number of ether oxygens (including phenoxy) is 1. The Balaban J connectivity index is 1.96. The molecule has 0 amide bonds. The van der Waals surface area contributed by atoms with Gasteiger partial charge in [0.2, 0.25) is 0 Å². The molecule has 7 heteroatoms. The van der Waals surface area contributed by atoms with Crippen molar-refractivity contribution in [3.8, 4) is 0 Å². The van der Waals surface area contributed by atoms with Crippen molar-refractivity contribution in [2.24, 2.45) is 4.99 Å². The molecule has 0 aromatic heterocycles. The van der Waals surface area contributed by atoms with E-state index in [4.69, 9.17) is 4.74 Å². The lowest BCUT2D eigenvalue weighted by Gasteiger charge is -2.35. The zero-order valence-corrected chi connectivity index (χ0v) is 14.5. The Kier molecular flexibility index (Phi) is 6.01. The lowest BCUT2D eigenvalue weighted by Crippen LogP contribution is -2.53. The molecule has 0 radical (unpaired) electrons. The van der Waals surface area contributed by atoms with Gasteiger partial charge in [-0.05, 0) is 18.4 Å². The van der Waals surface area contributed by atoms with Gasteiger partial charge >= 0.3 is 0 Å². The molecule has 1 aliphatic rings. The molecule has 1 aromatic rings. The molecule has 2 N–H and O–H groups in total. The summed E-state index contributed by atoms with van der Waals surface area (Å²) in [6.07, 6.45) is 2.32. The first kappa shape index (κ1) is 17.7. The van der Waals surface area contributed by atoms with Crippen molar-refractivity contribution in [3.63, 3.8) is 0 Å². The van der Waals surface area contributed by atoms with E-state index < -0.39 is 14.6 Å². The van der Waals surface area contributed by atoms with E-state index in [0.29, 0.717) is 45.1 Å². The lowest BCUT2D eigenvalue weighted by molar-refractivity contribution is 0.0756. The lowest BCUT2D eigenvalue weighted by atomic mass is 9.99. The van der Waals surface area contributed by atoms with E-state index in [1.165, 1.54) is 6.26 Å². The van der Waals surface area contributed by atoms with E-state index in [1.54, 1.807) is 7.05 Å². The monoisotopic (exact) mass is 339 g/mol. The number of hydrogen-bond donors (Lipinski definition) is 2. The van der Waals surface area contributed by atoms with Crippen molar-refractivity contribution in [3.05, 3.63) is 35.9 Å². The standard InChI is InChI=1S/C16H25N3O3S/c1-17-15(18-12-14-6-4-3-5-7-14)19-13-16(23(2,20)21)8-10-22-11-9-16/h3-7H,8-13H2,1-2H3,(H2,17,18,19). The summed E-state index contributed by atoms with van der Waals surface area (Å²) < 4.78 is 29.0. The molecule has 0 bridgehead atoms. The molecule has 1 saturated heterocycles. The van der Waals surface area contributed by atoms with Crippen LogP contribution in [0, 0.1) is 0 Å². The third-order valence-electron chi connectivity index (χ3n) is 4.29. The van der Waals surface area contributed by atoms with Crippen LogP contribution in [-0.4, -0.2) is 52.2 Å². The Bertz CT molecular complexity index is 623. The van der Waals surface area contributed by atoms with Crippen molar-refractivity contribution >= 4 is 15.8 Å². The number of hydrogen-bond acceptors (Lipinski definition) is 4. The molecule has 0 aliphatic carbocycles. The van der Waals surface area contributed by atoms with Crippen LogP contribution in [0.15, 0.2) is 35.3 Å². The van der Waals surface area contributed by atoms with Crippen LogP contribution in [0.3, 0.4) is 0 Å². The molecular formula is C16H25N3O3S. The van der Waals surface area contributed by atoms with E-state index in [-0.39, 0.29) is 0 Å². The maximum Gasteiger partial charge on any atom is 0.191 e. The molecule has 1 aliphatic heterocycles. The van der Waals surface area contributed by atoms with Gasteiger partial charge in [0, 0.05) is 39.6 Å². The topological polar surface area (TPSA) is 79.8 Å². The smallest absolute Gasteiger partial charge is 0.191 e. The number of benzene rings is 1. The number of sulfone groups is 1. The molecule has 6 nitrogen and oxygen atoms in total. The summed E-state index contributed by atoms with van der Waals surface area (Å²) >= 11 is 0. The average Bonchev–Trinajstić information content (AvgIpc) is 2.56. The summed E-state index contributed by atoms with van der Waals surface area (Å²) in [7, 11) is -1.51. The molecule has 1 aromatic carbocycles. The molecule has 1 fully saturated rings. The zero-order valence-electron chi connectivity index (χ0n) is 13.7.